The van der Waals surface area contributed by atoms with Crippen molar-refractivity contribution in [3.8, 4) is 0 Å². The first-order chi connectivity index (χ1) is 13.7. The number of fused-ring (bicyclic) bond motifs is 6. The van der Waals surface area contributed by atoms with Gasteiger partial charge in [-0.05, 0) is 74.2 Å². The molecule has 5 aliphatic rings. The molecule has 0 aromatic carbocycles. The second-order valence-corrected chi connectivity index (χ2v) is 12.1. The van der Waals surface area contributed by atoms with Gasteiger partial charge in [-0.3, -0.25) is 14.4 Å². The SMILES string of the molecule is CC(=O)S[C@H]1CC2=CC(=O)CC[C@@]2(C)[C@@H]2CC[C@]3(C)[C@H](CC[C@@]34CCC(=O)O4)[C@H]12. The first-order valence-electron chi connectivity index (χ1n) is 11.3. The van der Waals surface area contributed by atoms with Gasteiger partial charge in [-0.15, -0.1) is 0 Å². The highest BCUT2D eigenvalue weighted by Crippen LogP contribution is 2.70. The summed E-state index contributed by atoms with van der Waals surface area (Å²) in [6.07, 6.45) is 10.0. The van der Waals surface area contributed by atoms with Crippen LogP contribution in [-0.2, 0) is 19.1 Å². The second-order valence-electron chi connectivity index (χ2n) is 10.7. The summed E-state index contributed by atoms with van der Waals surface area (Å²) in [7, 11) is 0. The number of carbonyl (C=O) groups is 3. The van der Waals surface area contributed by atoms with Gasteiger partial charge in [-0.1, -0.05) is 31.2 Å². The Hall–Kier alpha value is -1.10. The third-order valence-electron chi connectivity index (χ3n) is 9.61. The molecule has 1 saturated heterocycles. The summed E-state index contributed by atoms with van der Waals surface area (Å²) in [5.41, 5.74) is 1.09. The maximum atomic E-state index is 12.2. The Morgan fingerprint density at radius 3 is 2.52 bits per heavy atom. The van der Waals surface area contributed by atoms with Gasteiger partial charge in [0.05, 0.1) is 0 Å². The third-order valence-corrected chi connectivity index (χ3v) is 10.7. The lowest BCUT2D eigenvalue weighted by atomic mass is 9.46. The van der Waals surface area contributed by atoms with E-state index in [2.05, 4.69) is 13.8 Å². The van der Waals surface area contributed by atoms with Crippen molar-refractivity contribution in [3.63, 3.8) is 0 Å². The number of ketones is 1. The van der Waals surface area contributed by atoms with Crippen molar-refractivity contribution in [3.05, 3.63) is 11.6 Å². The molecule has 0 N–H and O–H groups in total. The summed E-state index contributed by atoms with van der Waals surface area (Å²) in [6.45, 7) is 6.42. The summed E-state index contributed by atoms with van der Waals surface area (Å²) in [5.74, 6) is 1.67. The van der Waals surface area contributed by atoms with Gasteiger partial charge in [-0.25, -0.2) is 0 Å². The van der Waals surface area contributed by atoms with E-state index in [0.29, 0.717) is 30.6 Å². The normalized spacial score (nSPS) is 48.6. The van der Waals surface area contributed by atoms with Crippen LogP contribution in [0.5, 0.6) is 0 Å². The highest BCUT2D eigenvalue weighted by Gasteiger charge is 2.68. The van der Waals surface area contributed by atoms with E-state index < -0.39 is 0 Å². The molecule has 1 spiro atoms. The van der Waals surface area contributed by atoms with Gasteiger partial charge in [0.25, 0.3) is 0 Å². The average molecular weight is 417 g/mol. The molecule has 4 nitrogen and oxygen atoms in total. The van der Waals surface area contributed by atoms with Crippen molar-refractivity contribution in [1.29, 1.82) is 0 Å². The minimum absolute atomic E-state index is 0.0119. The van der Waals surface area contributed by atoms with E-state index in [1.54, 1.807) is 6.92 Å². The fraction of sp³-hybridized carbons (Fsp3) is 0.792. The molecule has 158 valence electrons. The Kier molecular flexibility index (Phi) is 4.41. The predicted octanol–water partition coefficient (Wildman–Crippen LogP) is 4.85. The number of carbonyl (C=O) groups excluding carboxylic acids is 3. The molecular weight excluding hydrogens is 384 g/mol. The number of rotatable bonds is 1. The van der Waals surface area contributed by atoms with Crippen molar-refractivity contribution in [2.24, 2.45) is 28.6 Å². The van der Waals surface area contributed by atoms with Gasteiger partial charge in [0.1, 0.15) is 5.60 Å². The van der Waals surface area contributed by atoms with Gasteiger partial charge < -0.3 is 4.74 Å². The summed E-state index contributed by atoms with van der Waals surface area (Å²) in [6, 6.07) is 0. The number of allylic oxidation sites excluding steroid dienone is 1. The zero-order valence-electron chi connectivity index (χ0n) is 17.8. The Bertz CT molecular complexity index is 818. The van der Waals surface area contributed by atoms with E-state index in [1.807, 2.05) is 6.08 Å². The van der Waals surface area contributed by atoms with E-state index in [9.17, 15) is 14.4 Å². The summed E-state index contributed by atoms with van der Waals surface area (Å²) in [5, 5.41) is 0.409. The van der Waals surface area contributed by atoms with Crippen molar-refractivity contribution < 1.29 is 19.1 Å². The molecule has 0 unspecified atom stereocenters. The van der Waals surface area contributed by atoms with Crippen molar-refractivity contribution in [2.45, 2.75) is 89.4 Å². The Morgan fingerprint density at radius 1 is 1.07 bits per heavy atom. The lowest BCUT2D eigenvalue weighted by Gasteiger charge is -2.61. The van der Waals surface area contributed by atoms with Crippen LogP contribution >= 0.6 is 11.8 Å². The van der Waals surface area contributed by atoms with Gasteiger partial charge in [0.2, 0.25) is 0 Å². The molecule has 1 heterocycles. The van der Waals surface area contributed by atoms with Crippen LogP contribution in [0.4, 0.5) is 0 Å². The van der Waals surface area contributed by atoms with E-state index in [4.69, 9.17) is 4.74 Å². The zero-order valence-corrected chi connectivity index (χ0v) is 18.6. The van der Waals surface area contributed by atoms with Crippen LogP contribution in [0.3, 0.4) is 0 Å². The van der Waals surface area contributed by atoms with Gasteiger partial charge in [0, 0.05) is 30.4 Å². The molecule has 0 bridgehead atoms. The molecule has 4 aliphatic carbocycles. The van der Waals surface area contributed by atoms with Crippen LogP contribution in [0.25, 0.3) is 0 Å². The summed E-state index contributed by atoms with van der Waals surface area (Å²) in [4.78, 5) is 36.4. The molecule has 0 aromatic heterocycles. The molecule has 0 radical (unpaired) electrons. The lowest BCUT2D eigenvalue weighted by Crippen LogP contribution is -2.57. The highest BCUT2D eigenvalue weighted by atomic mass is 32.2. The number of thioether (sulfide) groups is 1. The quantitative estimate of drug-likeness (QED) is 0.572. The van der Waals surface area contributed by atoms with Crippen molar-refractivity contribution in [1.82, 2.24) is 0 Å². The second kappa shape index (κ2) is 6.45. The molecule has 29 heavy (non-hydrogen) atoms. The minimum Gasteiger partial charge on any atom is -0.458 e. The molecule has 3 saturated carbocycles. The Labute approximate surface area is 177 Å². The van der Waals surface area contributed by atoms with Gasteiger partial charge >= 0.3 is 5.97 Å². The van der Waals surface area contributed by atoms with Crippen LogP contribution in [0.2, 0.25) is 0 Å². The number of hydrogen-bond donors (Lipinski definition) is 0. The van der Waals surface area contributed by atoms with Gasteiger partial charge in [0.15, 0.2) is 10.9 Å². The molecule has 1 aliphatic heterocycles. The van der Waals surface area contributed by atoms with Gasteiger partial charge in [-0.2, -0.15) is 0 Å². The molecule has 5 heteroatoms. The monoisotopic (exact) mass is 416 g/mol. The highest BCUT2D eigenvalue weighted by molar-refractivity contribution is 8.14. The van der Waals surface area contributed by atoms with Crippen molar-refractivity contribution in [2.75, 3.05) is 0 Å². The smallest absolute Gasteiger partial charge is 0.306 e. The minimum atomic E-state index is -0.287. The molecule has 7 atom stereocenters. The molecular formula is C24H32O4S. The average Bonchev–Trinajstić information content (AvgIpc) is 3.17. The molecule has 5 rings (SSSR count). The van der Waals surface area contributed by atoms with E-state index in [-0.39, 0.29) is 38.5 Å². The third kappa shape index (κ3) is 2.68. The fourth-order valence-electron chi connectivity index (χ4n) is 8.13. The Balaban J connectivity index is 1.56. The predicted molar refractivity (Wildman–Crippen MR) is 112 cm³/mol. The lowest BCUT2D eigenvalue weighted by molar-refractivity contribution is -0.167. The summed E-state index contributed by atoms with van der Waals surface area (Å²) < 4.78 is 6.06. The first kappa shape index (κ1) is 19.8. The largest absolute Gasteiger partial charge is 0.458 e. The standard InChI is InChI=1S/C24H32O4S/c1-14(25)29-19-13-15-12-16(26)4-8-22(15,2)17-5-9-23(3)18(21(17)19)6-10-24(23)11-7-20(27)28-24/h12,17-19,21H,4-11,13H2,1-3H3/t17-,18-,19+,21-,22-,23-,24-/m1/s1. The fourth-order valence-corrected chi connectivity index (χ4v) is 9.36. The first-order valence-corrected chi connectivity index (χ1v) is 12.2. The topological polar surface area (TPSA) is 60.4 Å². The number of ether oxygens (including phenoxy) is 1. The molecule has 0 amide bonds. The van der Waals surface area contributed by atoms with E-state index >= 15 is 0 Å². The Morgan fingerprint density at radius 2 is 1.83 bits per heavy atom. The summed E-state index contributed by atoms with van der Waals surface area (Å²) >= 11 is 1.50. The molecule has 4 fully saturated rings. The molecule has 0 aromatic rings. The number of esters is 1. The maximum absolute atomic E-state index is 12.2. The van der Waals surface area contributed by atoms with E-state index in [0.717, 1.165) is 44.9 Å². The van der Waals surface area contributed by atoms with Crippen LogP contribution in [0, 0.1) is 28.6 Å². The number of hydrogen-bond acceptors (Lipinski definition) is 5. The van der Waals surface area contributed by atoms with Crippen molar-refractivity contribution >= 4 is 28.6 Å². The van der Waals surface area contributed by atoms with Crippen LogP contribution in [0.15, 0.2) is 11.6 Å². The van der Waals surface area contributed by atoms with E-state index in [1.165, 1.54) is 17.3 Å². The van der Waals surface area contributed by atoms with Crippen LogP contribution in [0.1, 0.15) is 78.6 Å². The van der Waals surface area contributed by atoms with Crippen LogP contribution in [-0.4, -0.2) is 27.7 Å². The maximum Gasteiger partial charge on any atom is 0.306 e. The van der Waals surface area contributed by atoms with Crippen LogP contribution < -0.4 is 0 Å². The zero-order chi connectivity index (χ0) is 20.6.